The molecule has 0 bridgehead atoms. The molecule has 4 heterocycles. The van der Waals surface area contributed by atoms with Crippen LogP contribution in [0, 0.1) is 5.41 Å². The molecular formula is C34H25N5. The van der Waals surface area contributed by atoms with Crippen molar-refractivity contribution < 1.29 is 0 Å². The molecule has 0 atom stereocenters. The average molecular weight is 504 g/mol. The lowest BCUT2D eigenvalue weighted by Gasteiger charge is -2.10. The third-order valence-corrected chi connectivity index (χ3v) is 7.63. The van der Waals surface area contributed by atoms with Crippen LogP contribution in [0.25, 0.3) is 67.9 Å². The van der Waals surface area contributed by atoms with Crippen molar-refractivity contribution in [1.82, 2.24) is 24.1 Å². The zero-order chi connectivity index (χ0) is 26.1. The molecule has 186 valence electrons. The number of fused-ring (bicyclic) bond motifs is 6. The Kier molecular flexibility index (Phi) is 4.50. The molecule has 8 rings (SSSR count). The average Bonchev–Trinajstić information content (AvgIpc) is 3.63. The van der Waals surface area contributed by atoms with Gasteiger partial charge in [0.05, 0.1) is 27.6 Å². The summed E-state index contributed by atoms with van der Waals surface area (Å²) in [6, 6.07) is 31.6. The molecule has 0 N–H and O–H groups in total. The minimum absolute atomic E-state index is 0.111. The van der Waals surface area contributed by atoms with Crippen LogP contribution in [-0.4, -0.2) is 24.1 Å². The Bertz CT molecular complexity index is 2190. The minimum Gasteiger partial charge on any atom is -0.316 e. The molecule has 7 aromatic rings. The maximum Gasteiger partial charge on any atom is 0.235 e. The lowest BCUT2D eigenvalue weighted by molar-refractivity contribution is 0.723. The highest BCUT2D eigenvalue weighted by Gasteiger charge is 2.23. The van der Waals surface area contributed by atoms with Crippen molar-refractivity contribution in [3.63, 3.8) is 0 Å². The molecule has 0 unspecified atom stereocenters. The summed E-state index contributed by atoms with van der Waals surface area (Å²) in [7, 11) is 0. The van der Waals surface area contributed by atoms with Gasteiger partial charge >= 0.3 is 0 Å². The van der Waals surface area contributed by atoms with Gasteiger partial charge in [0, 0.05) is 44.9 Å². The van der Waals surface area contributed by atoms with Gasteiger partial charge in [-0.15, -0.1) is 0 Å². The molecule has 4 aromatic heterocycles. The lowest BCUT2D eigenvalue weighted by atomic mass is 9.96. The largest absolute Gasteiger partial charge is 0.316 e. The van der Waals surface area contributed by atoms with Crippen molar-refractivity contribution in [2.75, 3.05) is 0 Å². The fourth-order valence-electron chi connectivity index (χ4n) is 5.99. The predicted molar refractivity (Wildman–Crippen MR) is 158 cm³/mol. The second kappa shape index (κ2) is 7.98. The first-order valence-electron chi connectivity index (χ1n) is 13.2. The van der Waals surface area contributed by atoms with Gasteiger partial charge in [-0.05, 0) is 48.5 Å². The normalized spacial score (nSPS) is 14.0. The highest BCUT2D eigenvalue weighted by molar-refractivity contribution is 6.18. The summed E-state index contributed by atoms with van der Waals surface area (Å²) >= 11 is 0. The van der Waals surface area contributed by atoms with Crippen LogP contribution in [0.1, 0.15) is 13.8 Å². The molecule has 0 saturated heterocycles. The summed E-state index contributed by atoms with van der Waals surface area (Å²) in [5, 5.41) is 5.52. The molecule has 39 heavy (non-hydrogen) atoms. The van der Waals surface area contributed by atoms with Crippen molar-refractivity contribution in [3.05, 3.63) is 114 Å². The summed E-state index contributed by atoms with van der Waals surface area (Å²) in [5.41, 5.74) is 6.06. The fraction of sp³-hybridized carbons (Fsp3) is 0.0882. The van der Waals surface area contributed by atoms with Gasteiger partial charge in [0.25, 0.3) is 0 Å². The van der Waals surface area contributed by atoms with Crippen molar-refractivity contribution in [2.45, 2.75) is 13.8 Å². The van der Waals surface area contributed by atoms with Crippen LogP contribution < -0.4 is 10.6 Å². The Labute approximate surface area is 225 Å². The fourth-order valence-corrected chi connectivity index (χ4v) is 5.99. The third-order valence-electron chi connectivity index (χ3n) is 7.63. The highest BCUT2D eigenvalue weighted by atomic mass is 15.2. The van der Waals surface area contributed by atoms with Crippen LogP contribution in [-0.2, 0) is 0 Å². The molecule has 3 aromatic carbocycles. The van der Waals surface area contributed by atoms with Crippen molar-refractivity contribution >= 4 is 44.9 Å². The van der Waals surface area contributed by atoms with E-state index in [1.165, 1.54) is 10.8 Å². The van der Waals surface area contributed by atoms with Gasteiger partial charge in [-0.3, -0.25) is 9.55 Å². The van der Waals surface area contributed by atoms with E-state index >= 15 is 0 Å². The molecule has 0 fully saturated rings. The lowest BCUT2D eigenvalue weighted by Crippen LogP contribution is -2.31. The van der Waals surface area contributed by atoms with E-state index < -0.39 is 0 Å². The second-order valence-corrected chi connectivity index (χ2v) is 10.8. The number of rotatable bonds is 3. The maximum absolute atomic E-state index is 5.23. The van der Waals surface area contributed by atoms with Gasteiger partial charge in [-0.25, -0.2) is 9.97 Å². The van der Waals surface area contributed by atoms with E-state index in [-0.39, 0.29) is 5.41 Å². The number of hydrogen-bond donors (Lipinski definition) is 0. The molecule has 0 aliphatic heterocycles. The van der Waals surface area contributed by atoms with Crippen LogP contribution in [0.5, 0.6) is 0 Å². The smallest absolute Gasteiger partial charge is 0.235 e. The van der Waals surface area contributed by atoms with Crippen molar-refractivity contribution in [2.24, 2.45) is 5.41 Å². The molecular weight excluding hydrogens is 478 g/mol. The molecule has 5 nitrogen and oxygen atoms in total. The number of pyridine rings is 1. The topological polar surface area (TPSA) is 48.5 Å². The standard InChI is InChI=1S/C34H25N5/c1-34(2)20-26-28(21-34)36-33(37-31(26)27-13-8-9-18-35-27)39-30-14-7-6-12-23(30)24-15-16-29-25(32(24)39)17-19-38(29)22-10-4-3-5-11-22/h3-21H,1-2H3. The van der Waals surface area contributed by atoms with E-state index in [0.29, 0.717) is 5.95 Å². The monoisotopic (exact) mass is 503 g/mol. The number of para-hydroxylation sites is 2. The van der Waals surface area contributed by atoms with E-state index in [9.17, 15) is 0 Å². The minimum atomic E-state index is -0.111. The Hall–Kier alpha value is -5.03. The van der Waals surface area contributed by atoms with Crippen molar-refractivity contribution in [1.29, 1.82) is 0 Å². The highest BCUT2D eigenvalue weighted by Crippen LogP contribution is 2.37. The maximum atomic E-state index is 5.23. The second-order valence-electron chi connectivity index (χ2n) is 10.8. The summed E-state index contributed by atoms with van der Waals surface area (Å²) in [4.78, 5) is 15.1. The van der Waals surface area contributed by atoms with E-state index in [4.69, 9.17) is 9.97 Å². The SMILES string of the molecule is CC1(C)C=c2nc(-n3c4ccccc4c4ccc5c(ccn5-c5ccccc5)c43)nc(-c3ccccn3)c2=C1. The summed E-state index contributed by atoms with van der Waals surface area (Å²) < 4.78 is 4.47. The van der Waals surface area contributed by atoms with Gasteiger partial charge in [0.2, 0.25) is 5.95 Å². The van der Waals surface area contributed by atoms with E-state index in [0.717, 1.165) is 49.6 Å². The van der Waals surface area contributed by atoms with Gasteiger partial charge in [-0.1, -0.05) is 68.5 Å². The van der Waals surface area contributed by atoms with Gasteiger partial charge in [-0.2, -0.15) is 0 Å². The van der Waals surface area contributed by atoms with Crippen LogP contribution in [0.2, 0.25) is 0 Å². The molecule has 0 saturated carbocycles. The first kappa shape index (κ1) is 22.0. The third kappa shape index (κ3) is 3.29. The summed E-state index contributed by atoms with van der Waals surface area (Å²) in [6.07, 6.45) is 8.45. The van der Waals surface area contributed by atoms with E-state index in [1.807, 2.05) is 30.5 Å². The van der Waals surface area contributed by atoms with Gasteiger partial charge in [0.15, 0.2) is 0 Å². The Balaban J connectivity index is 1.51. The van der Waals surface area contributed by atoms with Crippen LogP contribution in [0.3, 0.4) is 0 Å². The predicted octanol–water partition coefficient (Wildman–Crippen LogP) is 6.18. The first-order chi connectivity index (χ1) is 19.1. The van der Waals surface area contributed by atoms with Gasteiger partial charge < -0.3 is 4.57 Å². The Morgan fingerprint density at radius 3 is 2.33 bits per heavy atom. The Morgan fingerprint density at radius 1 is 0.667 bits per heavy atom. The quantitative estimate of drug-likeness (QED) is 0.289. The Morgan fingerprint density at radius 2 is 1.49 bits per heavy atom. The zero-order valence-electron chi connectivity index (χ0n) is 21.7. The number of nitrogens with zero attached hydrogens (tertiary/aromatic N) is 5. The number of hydrogen-bond acceptors (Lipinski definition) is 3. The van der Waals surface area contributed by atoms with Crippen molar-refractivity contribution in [3.8, 4) is 23.0 Å². The zero-order valence-corrected chi connectivity index (χ0v) is 21.7. The molecule has 0 amide bonds. The molecule has 1 aliphatic rings. The van der Waals surface area contributed by atoms with Crippen LogP contribution >= 0.6 is 0 Å². The van der Waals surface area contributed by atoms with E-state index in [2.05, 4.69) is 113 Å². The van der Waals surface area contributed by atoms with Gasteiger partial charge in [0.1, 0.15) is 5.69 Å². The summed E-state index contributed by atoms with van der Waals surface area (Å²) in [6.45, 7) is 4.40. The summed E-state index contributed by atoms with van der Waals surface area (Å²) in [5.74, 6) is 0.655. The molecule has 5 heteroatoms. The number of aromatic nitrogens is 5. The molecule has 1 aliphatic carbocycles. The van der Waals surface area contributed by atoms with Crippen LogP contribution in [0.4, 0.5) is 0 Å². The van der Waals surface area contributed by atoms with Crippen LogP contribution in [0.15, 0.2) is 103 Å². The number of benzene rings is 3. The molecule has 0 radical (unpaired) electrons. The first-order valence-corrected chi connectivity index (χ1v) is 13.2. The van der Waals surface area contributed by atoms with E-state index in [1.54, 1.807) is 0 Å². The molecule has 0 spiro atoms.